The second kappa shape index (κ2) is 13.2. The first-order valence-electron chi connectivity index (χ1n) is 13.5. The quantitative estimate of drug-likeness (QED) is 0.131. The van der Waals surface area contributed by atoms with Gasteiger partial charge >= 0.3 is 6.03 Å². The van der Waals surface area contributed by atoms with E-state index < -0.39 is 41.6 Å². The largest absolute Gasteiger partial charge is 0.486 e. The number of nitrogens with one attached hydrogen (secondary N) is 2. The third kappa shape index (κ3) is 6.55. The summed E-state index contributed by atoms with van der Waals surface area (Å²) in [4.78, 5) is 35.3. The maximum atomic E-state index is 14.8. The maximum Gasteiger partial charge on any atom is 0.325 e. The van der Waals surface area contributed by atoms with Crippen molar-refractivity contribution in [3.05, 3.63) is 105 Å². The van der Waals surface area contributed by atoms with Crippen molar-refractivity contribution in [2.45, 2.75) is 30.9 Å². The lowest BCUT2D eigenvalue weighted by Gasteiger charge is -2.26. The van der Waals surface area contributed by atoms with E-state index in [0.717, 1.165) is 10.5 Å². The van der Waals surface area contributed by atoms with E-state index in [-0.39, 0.29) is 36.9 Å². The molecule has 1 aliphatic heterocycles. The molecule has 3 amide bonds. The number of amides is 3. The molecule has 1 unspecified atom stereocenters. The number of ether oxygens (including phenoxy) is 1. The number of H-pyrrole nitrogens is 1. The Morgan fingerprint density at radius 1 is 1.02 bits per heavy atom. The van der Waals surface area contributed by atoms with E-state index in [9.17, 15) is 28.6 Å². The Balaban J connectivity index is 1.42. The summed E-state index contributed by atoms with van der Waals surface area (Å²) in [6.07, 6.45) is 0.573. The minimum absolute atomic E-state index is 0.0439. The highest BCUT2D eigenvalue weighted by atomic mass is 127. The van der Waals surface area contributed by atoms with Crippen LogP contribution in [-0.2, 0) is 4.79 Å². The molecule has 1 fully saturated rings. The summed E-state index contributed by atoms with van der Waals surface area (Å²) in [7, 11) is 0. The zero-order chi connectivity index (χ0) is 30.7. The second-order valence-corrected chi connectivity index (χ2v) is 11.5. The maximum absolute atomic E-state index is 14.8. The molecule has 2 heterocycles. The highest BCUT2D eigenvalue weighted by Crippen LogP contribution is 2.36. The molecule has 224 valence electrons. The number of carbonyl (C=O) groups is 2. The van der Waals surface area contributed by atoms with Crippen LogP contribution in [0.5, 0.6) is 5.75 Å². The molecule has 12 heteroatoms. The van der Waals surface area contributed by atoms with Crippen molar-refractivity contribution >= 4 is 34.5 Å². The van der Waals surface area contributed by atoms with Crippen LogP contribution >= 0.6 is 22.6 Å². The Morgan fingerprint density at radius 3 is 2.30 bits per heavy atom. The minimum atomic E-state index is -0.942. The highest BCUT2D eigenvalue weighted by molar-refractivity contribution is 14.1. The van der Waals surface area contributed by atoms with Gasteiger partial charge in [-0.25, -0.2) is 18.6 Å². The molecular weight excluding hydrogens is 673 g/mol. The molecule has 5 rings (SSSR count). The Hall–Kier alpha value is -3.88. The van der Waals surface area contributed by atoms with E-state index in [2.05, 4.69) is 15.3 Å². The summed E-state index contributed by atoms with van der Waals surface area (Å²) in [5, 5.41) is 21.2. The molecule has 3 atom stereocenters. The lowest BCUT2D eigenvalue weighted by Crippen LogP contribution is -2.36. The van der Waals surface area contributed by atoms with Gasteiger partial charge in [-0.3, -0.25) is 9.69 Å². The summed E-state index contributed by atoms with van der Waals surface area (Å²) in [5.74, 6) is -1.95. The molecule has 3 aromatic carbocycles. The Labute approximate surface area is 260 Å². The fourth-order valence-corrected chi connectivity index (χ4v) is 5.65. The summed E-state index contributed by atoms with van der Waals surface area (Å²) in [6, 6.07) is 16.9. The van der Waals surface area contributed by atoms with Gasteiger partial charge in [0.05, 0.1) is 30.7 Å². The predicted molar refractivity (Wildman–Crippen MR) is 162 cm³/mol. The first-order valence-corrected chi connectivity index (χ1v) is 14.6. The zero-order valence-corrected chi connectivity index (χ0v) is 25.2. The fraction of sp³-hybridized carbons (Fsp3) is 0.258. The number of hydrogen-bond acceptors (Lipinski definition) is 6. The van der Waals surface area contributed by atoms with Gasteiger partial charge in [0.15, 0.2) is 0 Å². The molecule has 0 saturated carbocycles. The van der Waals surface area contributed by atoms with Gasteiger partial charge < -0.3 is 25.3 Å². The number of aliphatic hydroxyl groups is 2. The van der Waals surface area contributed by atoms with Crippen LogP contribution in [0.1, 0.15) is 41.8 Å². The fourth-order valence-electron chi connectivity index (χ4n) is 5.10. The number of nitrogens with zero attached hydrogens (tertiary/aromatic N) is 2. The van der Waals surface area contributed by atoms with Crippen LogP contribution in [-0.4, -0.2) is 62.9 Å². The van der Waals surface area contributed by atoms with Crippen molar-refractivity contribution in [1.82, 2.24) is 20.2 Å². The summed E-state index contributed by atoms with van der Waals surface area (Å²) in [5.41, 5.74) is 1.36. The van der Waals surface area contributed by atoms with Crippen molar-refractivity contribution in [3.8, 4) is 17.0 Å². The molecular formula is C31H29F2IN4O5. The van der Waals surface area contributed by atoms with E-state index in [0.29, 0.717) is 20.7 Å². The van der Waals surface area contributed by atoms with Crippen molar-refractivity contribution in [1.29, 1.82) is 0 Å². The number of imide groups is 1. The molecule has 43 heavy (non-hydrogen) atoms. The topological polar surface area (TPSA) is 128 Å². The third-order valence-electron chi connectivity index (χ3n) is 7.48. The van der Waals surface area contributed by atoms with E-state index >= 15 is 0 Å². The van der Waals surface area contributed by atoms with E-state index in [1.807, 2.05) is 59.8 Å². The normalized spacial score (nSPS) is 16.4. The Bertz CT molecular complexity index is 1570. The molecule has 1 saturated heterocycles. The van der Waals surface area contributed by atoms with E-state index in [1.54, 1.807) is 24.3 Å². The number of carbonyl (C=O) groups excluding carboxylic acids is 2. The summed E-state index contributed by atoms with van der Waals surface area (Å²) in [6.45, 7) is 1.17. The van der Waals surface area contributed by atoms with Gasteiger partial charge in [-0.15, -0.1) is 0 Å². The first kappa shape index (κ1) is 30.6. The van der Waals surface area contributed by atoms with E-state index in [1.165, 1.54) is 18.3 Å². The van der Waals surface area contributed by atoms with Gasteiger partial charge in [0.1, 0.15) is 35.4 Å². The van der Waals surface area contributed by atoms with Crippen molar-refractivity contribution in [2.75, 3.05) is 19.8 Å². The zero-order valence-electron chi connectivity index (χ0n) is 23.0. The number of imidazole rings is 1. The number of aliphatic hydroxyl groups excluding tert-OH is 2. The van der Waals surface area contributed by atoms with Gasteiger partial charge in [0, 0.05) is 16.0 Å². The molecule has 1 aromatic heterocycles. The smallest absolute Gasteiger partial charge is 0.325 e. The van der Waals surface area contributed by atoms with Crippen LogP contribution < -0.4 is 10.1 Å². The van der Waals surface area contributed by atoms with Crippen LogP contribution in [0.4, 0.5) is 13.6 Å². The molecule has 0 radical (unpaired) electrons. The number of halogens is 3. The third-order valence-corrected chi connectivity index (χ3v) is 8.10. The van der Waals surface area contributed by atoms with Crippen molar-refractivity contribution in [3.63, 3.8) is 0 Å². The number of hydrogen-bond donors (Lipinski definition) is 4. The van der Waals surface area contributed by atoms with Crippen LogP contribution in [0.2, 0.25) is 0 Å². The van der Waals surface area contributed by atoms with Gasteiger partial charge in [-0.2, -0.15) is 0 Å². The monoisotopic (exact) mass is 702 g/mol. The number of aromatic nitrogens is 2. The molecule has 4 aromatic rings. The lowest BCUT2D eigenvalue weighted by atomic mass is 9.86. The van der Waals surface area contributed by atoms with Gasteiger partial charge in [-0.1, -0.05) is 49.4 Å². The summed E-state index contributed by atoms with van der Waals surface area (Å²) < 4.78 is 35.4. The molecule has 9 nitrogen and oxygen atoms in total. The van der Waals surface area contributed by atoms with Crippen LogP contribution in [0.25, 0.3) is 11.3 Å². The Kier molecular flexibility index (Phi) is 9.37. The minimum Gasteiger partial charge on any atom is -0.486 e. The standard InChI is InChI=1S/C31H29F2IN4O5/c1-17(18-5-3-2-4-6-18)23(29-35-13-26(36-29)27-24(32)11-20(34)12-25(27)33)14-38-30(41)28(37-31(38)42)19-7-9-21(10-8-19)43-22(15-39)16-40/h2-13,17,22-23,28,39-40H,14-16H2,1H3,(H,35,36)(H,37,42)/t17-,23?,28+/m0/s1. The van der Waals surface area contributed by atoms with E-state index in [4.69, 9.17) is 4.74 Å². The van der Waals surface area contributed by atoms with Crippen LogP contribution in [0.15, 0.2) is 72.9 Å². The highest BCUT2D eigenvalue weighted by Gasteiger charge is 2.41. The van der Waals surface area contributed by atoms with Crippen LogP contribution in [0.3, 0.4) is 0 Å². The first-order chi connectivity index (χ1) is 20.7. The van der Waals surface area contributed by atoms with Gasteiger partial charge in [-0.05, 0) is 63.9 Å². The average Bonchev–Trinajstić information content (AvgIpc) is 3.58. The molecule has 4 N–H and O–H groups in total. The predicted octanol–water partition coefficient (Wildman–Crippen LogP) is 4.87. The SMILES string of the molecule is C[C@@H](c1ccccc1)C(CN1C(=O)N[C@H](c2ccc(OC(CO)CO)cc2)C1=O)c1ncc(-c2c(F)cc(I)cc2F)[nH]1. The van der Waals surface area contributed by atoms with Gasteiger partial charge in [0.25, 0.3) is 5.91 Å². The number of aromatic amines is 1. The van der Waals surface area contributed by atoms with Crippen LogP contribution in [0, 0.1) is 15.2 Å². The van der Waals surface area contributed by atoms with Crippen molar-refractivity contribution in [2.24, 2.45) is 0 Å². The van der Waals surface area contributed by atoms with Gasteiger partial charge in [0.2, 0.25) is 0 Å². The lowest BCUT2D eigenvalue weighted by molar-refractivity contribution is -0.127. The Morgan fingerprint density at radius 2 is 1.67 bits per heavy atom. The number of urea groups is 1. The molecule has 0 bridgehead atoms. The van der Waals surface area contributed by atoms with Crippen molar-refractivity contribution < 1.29 is 33.3 Å². The second-order valence-electron chi connectivity index (χ2n) is 10.2. The number of rotatable bonds is 11. The molecule has 1 aliphatic rings. The molecule has 0 spiro atoms. The summed E-state index contributed by atoms with van der Waals surface area (Å²) >= 11 is 1.84. The average molecular weight is 702 g/mol. The molecule has 0 aliphatic carbocycles. The number of benzene rings is 3.